The molecule has 9 nitrogen and oxygen atoms in total. The highest BCUT2D eigenvalue weighted by molar-refractivity contribution is 6.25. The van der Waals surface area contributed by atoms with E-state index in [9.17, 15) is 29.1 Å². The van der Waals surface area contributed by atoms with Crippen molar-refractivity contribution in [2.75, 3.05) is 16.4 Å². The van der Waals surface area contributed by atoms with Gasteiger partial charge in [0.2, 0.25) is 23.6 Å². The van der Waals surface area contributed by atoms with Crippen molar-refractivity contribution in [3.8, 4) is 11.5 Å². The van der Waals surface area contributed by atoms with E-state index in [1.54, 1.807) is 84.9 Å². The van der Waals surface area contributed by atoms with Gasteiger partial charge in [0.1, 0.15) is 0 Å². The summed E-state index contributed by atoms with van der Waals surface area (Å²) < 4.78 is 5.74. The van der Waals surface area contributed by atoms with Gasteiger partial charge in [0.05, 0.1) is 41.2 Å². The third-order valence-corrected chi connectivity index (χ3v) is 11.3. The van der Waals surface area contributed by atoms with Crippen molar-refractivity contribution in [1.29, 1.82) is 0 Å². The topological polar surface area (TPSA) is 121 Å². The van der Waals surface area contributed by atoms with Gasteiger partial charge in [-0.2, -0.15) is 0 Å². The number of imide groups is 2. The van der Waals surface area contributed by atoms with Crippen molar-refractivity contribution in [3.05, 3.63) is 131 Å². The van der Waals surface area contributed by atoms with Crippen LogP contribution in [0.4, 0.5) is 11.4 Å². The second kappa shape index (κ2) is 12.2. The number of phenolic OH excluding ortho intramolecular Hbond substituents is 1. The van der Waals surface area contributed by atoms with Crippen LogP contribution in [0.25, 0.3) is 0 Å². The lowest BCUT2D eigenvalue weighted by Crippen LogP contribution is -2.48. The first-order valence-electron chi connectivity index (χ1n) is 17.3. The molecule has 9 heteroatoms. The maximum atomic E-state index is 14.6. The Balaban J connectivity index is 1.19. The summed E-state index contributed by atoms with van der Waals surface area (Å²) in [6, 6.07) is 29.2. The Morgan fingerprint density at radius 3 is 2.12 bits per heavy atom. The predicted octanol–water partition coefficient (Wildman–Crippen LogP) is 6.46. The molecule has 8 rings (SSSR count). The molecule has 3 fully saturated rings. The summed E-state index contributed by atoms with van der Waals surface area (Å²) in [6.45, 7) is 3.95. The fourth-order valence-corrected chi connectivity index (χ4v) is 8.97. The number of hydrogen-bond donors (Lipinski definition) is 1. The number of carbonyl (C=O) groups excluding carboxylic acids is 5. The quantitative estimate of drug-likeness (QED) is 0.135. The molecule has 4 aromatic carbocycles. The van der Waals surface area contributed by atoms with Crippen LogP contribution in [-0.2, 0) is 19.2 Å². The van der Waals surface area contributed by atoms with E-state index in [1.165, 1.54) is 15.9 Å². The molecule has 51 heavy (non-hydrogen) atoms. The number of phenols is 1. The first kappa shape index (κ1) is 32.4. The van der Waals surface area contributed by atoms with Gasteiger partial charge >= 0.3 is 0 Å². The smallest absolute Gasteiger partial charge is 0.241 e. The molecule has 6 atom stereocenters. The molecule has 2 aliphatic heterocycles. The van der Waals surface area contributed by atoms with E-state index in [1.807, 2.05) is 32.1 Å². The third kappa shape index (κ3) is 4.86. The van der Waals surface area contributed by atoms with Crippen LogP contribution in [0.5, 0.6) is 11.5 Å². The number of rotatable bonds is 7. The molecule has 256 valence electrons. The number of aromatic hydroxyl groups is 1. The highest BCUT2D eigenvalue weighted by atomic mass is 16.5. The highest BCUT2D eigenvalue weighted by Crippen LogP contribution is 2.64. The number of carbonyl (C=O) groups is 5. The summed E-state index contributed by atoms with van der Waals surface area (Å²) in [4.78, 5) is 73.0. The lowest BCUT2D eigenvalue weighted by molar-refractivity contribution is -0.131. The summed E-state index contributed by atoms with van der Waals surface area (Å²) in [6.07, 6.45) is 2.51. The predicted molar refractivity (Wildman–Crippen MR) is 189 cm³/mol. The van der Waals surface area contributed by atoms with Crippen LogP contribution in [0.3, 0.4) is 0 Å². The molecule has 1 saturated carbocycles. The Hall–Kier alpha value is -5.83. The van der Waals surface area contributed by atoms with Crippen LogP contribution in [0.1, 0.15) is 54.1 Å². The number of fused-ring (bicyclic) bond motifs is 4. The fourth-order valence-electron chi connectivity index (χ4n) is 8.97. The molecule has 2 saturated heterocycles. The highest BCUT2D eigenvalue weighted by Gasteiger charge is 2.67. The van der Waals surface area contributed by atoms with Crippen molar-refractivity contribution >= 4 is 40.8 Å². The lowest BCUT2D eigenvalue weighted by atomic mass is 9.51. The zero-order valence-corrected chi connectivity index (χ0v) is 28.2. The minimum absolute atomic E-state index is 0.0456. The van der Waals surface area contributed by atoms with E-state index in [0.29, 0.717) is 41.1 Å². The summed E-state index contributed by atoms with van der Waals surface area (Å²) >= 11 is 0. The average molecular weight is 681 g/mol. The van der Waals surface area contributed by atoms with Crippen LogP contribution in [0, 0.1) is 29.1 Å². The summed E-state index contributed by atoms with van der Waals surface area (Å²) in [5.41, 5.74) is 2.14. The SMILES string of the molecule is CCOc1cc(C2C3=CCC4C(=O)N(c5ccc(C(=O)c6ccccc6)cc5)C(=O)C4C3CC3C(=O)N(c4ccccc4)C(=O)C32C)ccc1O. The van der Waals surface area contributed by atoms with Crippen LogP contribution in [0.2, 0.25) is 0 Å². The van der Waals surface area contributed by atoms with Crippen molar-refractivity contribution in [3.63, 3.8) is 0 Å². The van der Waals surface area contributed by atoms with E-state index >= 15 is 0 Å². The number of para-hydroxylation sites is 1. The Labute approximate surface area is 295 Å². The lowest BCUT2D eigenvalue weighted by Gasteiger charge is -2.49. The van der Waals surface area contributed by atoms with Gasteiger partial charge in [-0.05, 0) is 86.7 Å². The molecule has 6 unspecified atom stereocenters. The van der Waals surface area contributed by atoms with Crippen LogP contribution >= 0.6 is 0 Å². The molecule has 4 aliphatic rings. The number of ether oxygens (including phenoxy) is 1. The van der Waals surface area contributed by atoms with Gasteiger partial charge in [-0.25, -0.2) is 4.90 Å². The second-order valence-electron chi connectivity index (χ2n) is 13.9. The summed E-state index contributed by atoms with van der Waals surface area (Å²) in [5.74, 6) is -4.59. The molecule has 0 radical (unpaired) electrons. The Morgan fingerprint density at radius 2 is 1.43 bits per heavy atom. The normalized spacial score (nSPS) is 26.8. The summed E-state index contributed by atoms with van der Waals surface area (Å²) in [7, 11) is 0. The second-order valence-corrected chi connectivity index (χ2v) is 13.9. The van der Waals surface area contributed by atoms with Crippen LogP contribution < -0.4 is 14.5 Å². The number of amides is 4. The van der Waals surface area contributed by atoms with Crippen LogP contribution in [0.15, 0.2) is 115 Å². The van der Waals surface area contributed by atoms with E-state index in [2.05, 4.69) is 0 Å². The van der Waals surface area contributed by atoms with Gasteiger partial charge in [-0.15, -0.1) is 0 Å². The average Bonchev–Trinajstić information content (AvgIpc) is 3.52. The standard InChI is InChI=1S/C42H36N2O7/c1-3-51-34-22-26(16-21-33(34)45)36-29-19-20-30-35(31(29)23-32-39(48)44(41(50)42(32,36)2)27-12-8-5-9-13-27)40(49)43(38(30)47)28-17-14-25(15-18-28)37(46)24-10-6-4-7-11-24/h4-19,21-22,30-32,35-36,45H,3,20,23H2,1-2H3. The first-order chi connectivity index (χ1) is 24.6. The molecule has 0 bridgehead atoms. The van der Waals surface area contributed by atoms with Gasteiger partial charge in [-0.3, -0.25) is 28.9 Å². The van der Waals surface area contributed by atoms with Gasteiger partial charge < -0.3 is 9.84 Å². The molecule has 2 aliphatic carbocycles. The number of anilines is 2. The molecule has 4 aromatic rings. The van der Waals surface area contributed by atoms with Crippen molar-refractivity contribution in [2.45, 2.75) is 32.6 Å². The molecule has 4 amide bonds. The summed E-state index contributed by atoms with van der Waals surface area (Å²) in [5, 5.41) is 10.6. The largest absolute Gasteiger partial charge is 0.504 e. The zero-order chi connectivity index (χ0) is 35.6. The molecule has 0 aromatic heterocycles. The Bertz CT molecular complexity index is 2130. The third-order valence-electron chi connectivity index (χ3n) is 11.3. The molecule has 1 N–H and O–H groups in total. The van der Waals surface area contributed by atoms with Gasteiger partial charge in [0, 0.05) is 17.0 Å². The maximum absolute atomic E-state index is 14.6. The number of ketones is 1. The van der Waals surface area contributed by atoms with Gasteiger partial charge in [0.25, 0.3) is 0 Å². The zero-order valence-electron chi connectivity index (χ0n) is 28.2. The van der Waals surface area contributed by atoms with E-state index in [0.717, 1.165) is 5.57 Å². The monoisotopic (exact) mass is 680 g/mol. The maximum Gasteiger partial charge on any atom is 0.241 e. The minimum Gasteiger partial charge on any atom is -0.504 e. The van der Waals surface area contributed by atoms with Gasteiger partial charge in [-0.1, -0.05) is 66.2 Å². The fraction of sp³-hybridized carbons (Fsp3) is 0.262. The number of hydrogen-bond acceptors (Lipinski definition) is 7. The Morgan fingerprint density at radius 1 is 0.784 bits per heavy atom. The van der Waals surface area contributed by atoms with E-state index in [-0.39, 0.29) is 47.3 Å². The van der Waals surface area contributed by atoms with Crippen molar-refractivity contribution in [2.24, 2.45) is 29.1 Å². The first-order valence-corrected chi connectivity index (χ1v) is 17.3. The molecular weight excluding hydrogens is 644 g/mol. The minimum atomic E-state index is -1.21. The van der Waals surface area contributed by atoms with Crippen LogP contribution in [-0.4, -0.2) is 41.1 Å². The molecule has 0 spiro atoms. The molecule has 2 heterocycles. The van der Waals surface area contributed by atoms with Crippen molar-refractivity contribution < 1.29 is 33.8 Å². The van der Waals surface area contributed by atoms with Crippen molar-refractivity contribution in [1.82, 2.24) is 0 Å². The number of allylic oxidation sites excluding steroid dienone is 2. The van der Waals surface area contributed by atoms with Gasteiger partial charge in [0.15, 0.2) is 17.3 Å². The van der Waals surface area contributed by atoms with E-state index in [4.69, 9.17) is 4.74 Å². The number of benzene rings is 4. The van der Waals surface area contributed by atoms with E-state index < -0.39 is 35.0 Å². The molecular formula is C42H36N2O7. The Kier molecular flexibility index (Phi) is 7.74. The number of nitrogens with zero attached hydrogens (tertiary/aromatic N) is 2.